The molecule has 0 bridgehead atoms. The molecule has 0 aliphatic rings. The van der Waals surface area contributed by atoms with Crippen molar-refractivity contribution in [3.63, 3.8) is 0 Å². The summed E-state index contributed by atoms with van der Waals surface area (Å²) in [6.07, 6.45) is 8.31. The van der Waals surface area contributed by atoms with Gasteiger partial charge in [-0.15, -0.1) is 17.4 Å². The number of halogens is 2. The van der Waals surface area contributed by atoms with E-state index in [-0.39, 0.29) is 12.1 Å². The molecular formula is C14H13F2N3O. The van der Waals surface area contributed by atoms with Gasteiger partial charge in [0.05, 0.1) is 18.7 Å². The lowest BCUT2D eigenvalue weighted by Gasteiger charge is -2.32. The van der Waals surface area contributed by atoms with Crippen LogP contribution in [0.2, 0.25) is 0 Å². The van der Waals surface area contributed by atoms with Crippen LogP contribution >= 0.6 is 0 Å². The Kier molecular flexibility index (Phi) is 3.81. The molecule has 104 valence electrons. The predicted molar refractivity (Wildman–Crippen MR) is 68.3 cm³/mol. The number of terminal acetylenes is 1. The maximum atomic E-state index is 14.0. The lowest BCUT2D eigenvalue weighted by molar-refractivity contribution is -0.0194. The molecule has 0 unspecified atom stereocenters. The van der Waals surface area contributed by atoms with Crippen LogP contribution in [0.4, 0.5) is 8.78 Å². The molecule has 1 aromatic heterocycles. The summed E-state index contributed by atoms with van der Waals surface area (Å²) < 4.78 is 28.3. The van der Waals surface area contributed by atoms with E-state index in [0.29, 0.717) is 6.07 Å². The molecule has 2 atom stereocenters. The summed E-state index contributed by atoms with van der Waals surface area (Å²) in [4.78, 5) is 0. The van der Waals surface area contributed by atoms with Crippen molar-refractivity contribution in [3.05, 3.63) is 47.8 Å². The topological polar surface area (TPSA) is 50.9 Å². The largest absolute Gasteiger partial charge is 0.382 e. The molecule has 2 aromatic rings. The van der Waals surface area contributed by atoms with Crippen LogP contribution < -0.4 is 0 Å². The van der Waals surface area contributed by atoms with Crippen molar-refractivity contribution in [2.75, 3.05) is 0 Å². The highest BCUT2D eigenvalue weighted by Gasteiger charge is 2.38. The number of rotatable bonds is 4. The molecule has 6 heteroatoms. The fourth-order valence-electron chi connectivity index (χ4n) is 2.00. The van der Waals surface area contributed by atoms with Crippen molar-refractivity contribution in [2.24, 2.45) is 5.92 Å². The maximum Gasteiger partial charge on any atom is 0.132 e. The second kappa shape index (κ2) is 5.39. The van der Waals surface area contributed by atoms with Gasteiger partial charge in [-0.1, -0.05) is 11.3 Å². The van der Waals surface area contributed by atoms with Crippen LogP contribution in [0.5, 0.6) is 0 Å². The van der Waals surface area contributed by atoms with Gasteiger partial charge in [0.15, 0.2) is 0 Å². The quantitative estimate of drug-likeness (QED) is 0.866. The summed E-state index contributed by atoms with van der Waals surface area (Å²) in [5, 5.41) is 18.2. The lowest BCUT2D eigenvalue weighted by atomic mass is 9.82. The normalized spacial score (nSPS) is 15.3. The van der Waals surface area contributed by atoms with E-state index in [9.17, 15) is 13.9 Å². The molecule has 1 N–H and O–H groups in total. The Bertz CT molecular complexity index is 636. The number of aliphatic hydroxyl groups is 1. The van der Waals surface area contributed by atoms with Gasteiger partial charge in [-0.3, -0.25) is 0 Å². The van der Waals surface area contributed by atoms with E-state index in [1.165, 1.54) is 23.1 Å². The van der Waals surface area contributed by atoms with Crippen molar-refractivity contribution in [3.8, 4) is 12.3 Å². The fraction of sp³-hybridized carbons (Fsp3) is 0.286. The van der Waals surface area contributed by atoms with Crippen LogP contribution in [0.3, 0.4) is 0 Å². The van der Waals surface area contributed by atoms with E-state index in [2.05, 4.69) is 16.2 Å². The molecule has 0 spiro atoms. The smallest absolute Gasteiger partial charge is 0.132 e. The van der Waals surface area contributed by atoms with E-state index in [4.69, 9.17) is 6.42 Å². The van der Waals surface area contributed by atoms with Crippen molar-refractivity contribution in [1.82, 2.24) is 15.0 Å². The molecule has 0 amide bonds. The molecule has 20 heavy (non-hydrogen) atoms. The van der Waals surface area contributed by atoms with Crippen molar-refractivity contribution >= 4 is 0 Å². The Morgan fingerprint density at radius 1 is 1.50 bits per heavy atom. The van der Waals surface area contributed by atoms with E-state index in [1.807, 2.05) is 0 Å². The molecule has 1 heterocycles. The van der Waals surface area contributed by atoms with Crippen LogP contribution in [-0.2, 0) is 12.1 Å². The molecule has 0 aliphatic carbocycles. The summed E-state index contributed by atoms with van der Waals surface area (Å²) in [6, 6.07) is 2.98. The van der Waals surface area contributed by atoms with Gasteiger partial charge in [-0.05, 0) is 13.0 Å². The molecule has 0 saturated heterocycles. The van der Waals surface area contributed by atoms with Crippen LogP contribution in [0.1, 0.15) is 12.5 Å². The summed E-state index contributed by atoms with van der Waals surface area (Å²) in [7, 11) is 0. The minimum atomic E-state index is -1.71. The SMILES string of the molecule is C#C[C@H](C)[C@](O)(Cn1ccnn1)c1ccc(F)cc1F. The average Bonchev–Trinajstić information content (AvgIpc) is 2.90. The van der Waals surface area contributed by atoms with Gasteiger partial charge in [0, 0.05) is 17.8 Å². The van der Waals surface area contributed by atoms with Gasteiger partial charge < -0.3 is 5.11 Å². The van der Waals surface area contributed by atoms with Gasteiger partial charge in [0.1, 0.15) is 17.2 Å². The highest BCUT2D eigenvalue weighted by atomic mass is 19.1. The number of benzene rings is 1. The van der Waals surface area contributed by atoms with Gasteiger partial charge in [-0.2, -0.15) is 0 Å². The summed E-state index contributed by atoms with van der Waals surface area (Å²) in [5.74, 6) is 0.112. The molecular weight excluding hydrogens is 264 g/mol. The first kappa shape index (κ1) is 14.2. The second-order valence-corrected chi connectivity index (χ2v) is 4.54. The molecule has 4 nitrogen and oxygen atoms in total. The highest BCUT2D eigenvalue weighted by molar-refractivity contribution is 5.28. The minimum Gasteiger partial charge on any atom is -0.382 e. The zero-order chi connectivity index (χ0) is 14.8. The van der Waals surface area contributed by atoms with Crippen molar-refractivity contribution < 1.29 is 13.9 Å². The summed E-state index contributed by atoms with van der Waals surface area (Å²) in [5.41, 5.74) is -1.78. The first-order valence-corrected chi connectivity index (χ1v) is 5.95. The van der Waals surface area contributed by atoms with Crippen LogP contribution in [-0.4, -0.2) is 20.1 Å². The number of aromatic nitrogens is 3. The fourth-order valence-corrected chi connectivity index (χ4v) is 2.00. The second-order valence-electron chi connectivity index (χ2n) is 4.54. The summed E-state index contributed by atoms with van der Waals surface area (Å²) >= 11 is 0. The van der Waals surface area contributed by atoms with Crippen LogP contribution in [0.25, 0.3) is 0 Å². The Morgan fingerprint density at radius 3 is 2.80 bits per heavy atom. The summed E-state index contributed by atoms with van der Waals surface area (Å²) in [6.45, 7) is 1.50. The van der Waals surface area contributed by atoms with Gasteiger partial charge in [0.2, 0.25) is 0 Å². The first-order chi connectivity index (χ1) is 9.47. The van der Waals surface area contributed by atoms with Gasteiger partial charge in [-0.25, -0.2) is 13.5 Å². The van der Waals surface area contributed by atoms with E-state index >= 15 is 0 Å². The third kappa shape index (κ3) is 2.53. The molecule has 2 rings (SSSR count). The van der Waals surface area contributed by atoms with E-state index in [0.717, 1.165) is 6.07 Å². The van der Waals surface area contributed by atoms with Gasteiger partial charge in [0.25, 0.3) is 0 Å². The molecule has 0 radical (unpaired) electrons. The third-order valence-corrected chi connectivity index (χ3v) is 3.24. The van der Waals surface area contributed by atoms with E-state index < -0.39 is 23.2 Å². The van der Waals surface area contributed by atoms with Gasteiger partial charge >= 0.3 is 0 Å². The Balaban J connectivity index is 2.49. The molecule has 1 aromatic carbocycles. The zero-order valence-electron chi connectivity index (χ0n) is 10.8. The molecule has 0 fully saturated rings. The Labute approximate surface area is 115 Å². The highest BCUT2D eigenvalue weighted by Crippen LogP contribution is 2.33. The molecule has 0 aliphatic heterocycles. The zero-order valence-corrected chi connectivity index (χ0v) is 10.8. The van der Waals surface area contributed by atoms with Crippen molar-refractivity contribution in [1.29, 1.82) is 0 Å². The molecule has 0 saturated carbocycles. The average molecular weight is 277 g/mol. The van der Waals surface area contributed by atoms with Crippen LogP contribution in [0.15, 0.2) is 30.6 Å². The Morgan fingerprint density at radius 2 is 2.25 bits per heavy atom. The van der Waals surface area contributed by atoms with Crippen molar-refractivity contribution in [2.45, 2.75) is 19.1 Å². The number of hydrogen-bond donors (Lipinski definition) is 1. The number of nitrogens with zero attached hydrogens (tertiary/aromatic N) is 3. The van der Waals surface area contributed by atoms with E-state index in [1.54, 1.807) is 6.92 Å². The van der Waals surface area contributed by atoms with Crippen LogP contribution in [0, 0.1) is 29.9 Å². The standard InChI is InChI=1S/C14H13F2N3O/c1-3-10(2)14(20,9-19-7-6-17-18-19)12-5-4-11(15)8-13(12)16/h1,4-8,10,20H,9H2,2H3/t10-,14+/m0/s1. The first-order valence-electron chi connectivity index (χ1n) is 5.95. The maximum absolute atomic E-state index is 14.0. The third-order valence-electron chi connectivity index (χ3n) is 3.24. The monoisotopic (exact) mass is 277 g/mol. The number of hydrogen-bond acceptors (Lipinski definition) is 3. The lowest BCUT2D eigenvalue weighted by Crippen LogP contribution is -2.38. The predicted octanol–water partition coefficient (Wildman–Crippen LogP) is 1.71. The Hall–Kier alpha value is -2.26. The minimum absolute atomic E-state index is 0.0696.